The van der Waals surface area contributed by atoms with Crippen LogP contribution >= 0.6 is 11.6 Å². The average Bonchev–Trinajstić information content (AvgIpc) is 3.79. The highest BCUT2D eigenvalue weighted by atomic mass is 35.5. The van der Waals surface area contributed by atoms with Gasteiger partial charge in [0.25, 0.3) is 0 Å². The molecule has 10 heteroatoms. The second kappa shape index (κ2) is 12.7. The number of carbonyl (C=O) groups excluding carboxylic acids is 1. The van der Waals surface area contributed by atoms with Crippen molar-refractivity contribution in [3.8, 4) is 22.4 Å². The Bertz CT molecular complexity index is 2020. The van der Waals surface area contributed by atoms with Gasteiger partial charge in [0.1, 0.15) is 17.2 Å². The minimum atomic E-state index is -0.489. The topological polar surface area (TPSA) is 91.8 Å². The molecule has 2 N–H and O–H groups in total. The molecule has 1 fully saturated rings. The Balaban J connectivity index is 0.993. The Hall–Kier alpha value is -4.47. The smallest absolute Gasteiger partial charge is 0.355 e. The summed E-state index contributed by atoms with van der Waals surface area (Å²) in [6.45, 7) is 7.76. The van der Waals surface area contributed by atoms with Crippen LogP contribution in [-0.4, -0.2) is 55.5 Å². The van der Waals surface area contributed by atoms with Gasteiger partial charge in [-0.15, -0.1) is 5.10 Å². The fraction of sp³-hybridized carbons (Fsp3) is 0.306. The van der Waals surface area contributed by atoms with Crippen LogP contribution in [0, 0.1) is 17.7 Å². The molecule has 1 aliphatic rings. The van der Waals surface area contributed by atoms with Crippen molar-refractivity contribution in [3.05, 3.63) is 95.2 Å². The van der Waals surface area contributed by atoms with E-state index in [-0.39, 0.29) is 24.0 Å². The Kier molecular flexibility index (Phi) is 8.36. The van der Waals surface area contributed by atoms with E-state index in [0.717, 1.165) is 60.7 Å². The highest BCUT2D eigenvalue weighted by Gasteiger charge is 2.25. The number of likely N-dealkylation sites (tertiary alicyclic amines) is 1. The number of hydrogen-bond acceptors (Lipinski definition) is 5. The van der Waals surface area contributed by atoms with Gasteiger partial charge in [0, 0.05) is 51.9 Å². The van der Waals surface area contributed by atoms with Crippen LogP contribution in [-0.2, 0) is 17.8 Å². The molecule has 0 aliphatic carbocycles. The summed E-state index contributed by atoms with van der Waals surface area (Å²) in [7, 11) is 0. The van der Waals surface area contributed by atoms with E-state index in [9.17, 15) is 9.18 Å². The van der Waals surface area contributed by atoms with E-state index in [1.54, 1.807) is 6.07 Å². The van der Waals surface area contributed by atoms with Crippen molar-refractivity contribution in [1.82, 2.24) is 29.9 Å². The van der Waals surface area contributed by atoms with Crippen molar-refractivity contribution >= 4 is 39.4 Å². The quantitative estimate of drug-likeness (QED) is 0.156. The molecule has 3 aromatic carbocycles. The first-order valence-corrected chi connectivity index (χ1v) is 16.2. The van der Waals surface area contributed by atoms with Gasteiger partial charge in [0.15, 0.2) is 0 Å². The molecule has 0 unspecified atom stereocenters. The molecule has 0 amide bonds. The molecule has 0 atom stereocenters. The van der Waals surface area contributed by atoms with E-state index in [1.165, 1.54) is 23.1 Å². The maximum Gasteiger partial charge on any atom is 0.355 e. The molecule has 0 radical (unpaired) electrons. The van der Waals surface area contributed by atoms with Crippen LogP contribution in [0.4, 0.5) is 4.39 Å². The number of aromatic amines is 2. The first-order valence-electron chi connectivity index (χ1n) is 15.8. The molecule has 0 spiro atoms. The van der Waals surface area contributed by atoms with Gasteiger partial charge in [-0.05, 0) is 96.7 Å². The first-order chi connectivity index (χ1) is 22.3. The van der Waals surface area contributed by atoms with Gasteiger partial charge in [-0.1, -0.05) is 48.9 Å². The molecule has 7 rings (SSSR count). The molecule has 3 aromatic heterocycles. The van der Waals surface area contributed by atoms with E-state index >= 15 is 0 Å². The minimum Gasteiger partial charge on any atom is -0.461 e. The average molecular weight is 639 g/mol. The van der Waals surface area contributed by atoms with E-state index in [4.69, 9.17) is 16.3 Å². The SMILES string of the molecule is CC(C)COC(=O)c1[nH]c2ccc(F)cc2c1-c1cn(CC2CCN(Cc3ccc(-c4ccc5[nH]ccc5c4)c(Cl)c3)CC2)nn1. The Morgan fingerprint density at radius 3 is 2.70 bits per heavy atom. The predicted molar refractivity (Wildman–Crippen MR) is 179 cm³/mol. The van der Waals surface area contributed by atoms with Crippen LogP contribution in [0.3, 0.4) is 0 Å². The number of rotatable bonds is 9. The van der Waals surface area contributed by atoms with Crippen molar-refractivity contribution in [2.24, 2.45) is 11.8 Å². The van der Waals surface area contributed by atoms with Crippen LogP contribution in [0.15, 0.2) is 73.1 Å². The molecule has 1 saturated heterocycles. The number of ether oxygens (including phenoxy) is 1. The third-order valence-corrected chi connectivity index (χ3v) is 9.08. The van der Waals surface area contributed by atoms with Crippen LogP contribution in [0.5, 0.6) is 0 Å². The Morgan fingerprint density at radius 1 is 1.07 bits per heavy atom. The van der Waals surface area contributed by atoms with Crippen molar-refractivity contribution in [2.45, 2.75) is 39.8 Å². The fourth-order valence-corrected chi connectivity index (χ4v) is 6.67. The van der Waals surface area contributed by atoms with Gasteiger partial charge in [0.2, 0.25) is 0 Å². The minimum absolute atomic E-state index is 0.191. The number of hydrogen-bond donors (Lipinski definition) is 2. The zero-order valence-electron chi connectivity index (χ0n) is 25.9. The number of halogens is 2. The van der Waals surface area contributed by atoms with Gasteiger partial charge < -0.3 is 14.7 Å². The van der Waals surface area contributed by atoms with Crippen LogP contribution < -0.4 is 0 Å². The number of fused-ring (bicyclic) bond motifs is 2. The number of nitrogens with zero attached hydrogens (tertiary/aromatic N) is 4. The maximum absolute atomic E-state index is 14.2. The normalized spacial score (nSPS) is 14.5. The van der Waals surface area contributed by atoms with E-state index < -0.39 is 5.97 Å². The van der Waals surface area contributed by atoms with E-state index in [2.05, 4.69) is 67.6 Å². The summed E-state index contributed by atoms with van der Waals surface area (Å²) in [6, 6.07) is 19.2. The summed E-state index contributed by atoms with van der Waals surface area (Å²) in [5, 5.41) is 11.3. The van der Waals surface area contributed by atoms with Crippen molar-refractivity contribution in [2.75, 3.05) is 19.7 Å². The number of aromatic nitrogens is 5. The zero-order chi connectivity index (χ0) is 31.8. The summed E-state index contributed by atoms with van der Waals surface area (Å²) in [5.74, 6) is -0.245. The third kappa shape index (κ3) is 6.30. The number of piperidine rings is 1. The molecule has 1 aliphatic heterocycles. The summed E-state index contributed by atoms with van der Waals surface area (Å²) >= 11 is 6.77. The van der Waals surface area contributed by atoms with E-state index in [0.29, 0.717) is 28.1 Å². The van der Waals surface area contributed by atoms with Gasteiger partial charge in [-0.3, -0.25) is 9.58 Å². The van der Waals surface area contributed by atoms with Gasteiger partial charge in [0.05, 0.1) is 12.8 Å². The second-order valence-electron chi connectivity index (χ2n) is 12.7. The largest absolute Gasteiger partial charge is 0.461 e. The third-order valence-electron chi connectivity index (χ3n) is 8.76. The number of carbonyl (C=O) groups is 1. The summed E-state index contributed by atoms with van der Waals surface area (Å²) in [6.07, 6.45) is 5.85. The zero-order valence-corrected chi connectivity index (χ0v) is 26.6. The fourth-order valence-electron chi connectivity index (χ4n) is 6.36. The van der Waals surface area contributed by atoms with E-state index in [1.807, 2.05) is 30.9 Å². The summed E-state index contributed by atoms with van der Waals surface area (Å²) < 4.78 is 21.6. The Morgan fingerprint density at radius 2 is 1.89 bits per heavy atom. The molecule has 0 bridgehead atoms. The van der Waals surface area contributed by atoms with Crippen LogP contribution in [0.1, 0.15) is 42.7 Å². The molecule has 236 valence electrons. The predicted octanol–water partition coefficient (Wildman–Crippen LogP) is 8.09. The lowest BCUT2D eigenvalue weighted by molar-refractivity contribution is 0.0454. The van der Waals surface area contributed by atoms with Gasteiger partial charge >= 0.3 is 5.97 Å². The van der Waals surface area contributed by atoms with Crippen LogP contribution in [0.2, 0.25) is 5.02 Å². The lowest BCUT2D eigenvalue weighted by Crippen LogP contribution is -2.34. The molecule has 46 heavy (non-hydrogen) atoms. The van der Waals surface area contributed by atoms with Crippen molar-refractivity contribution in [1.29, 1.82) is 0 Å². The number of benzene rings is 3. The molecule has 4 heterocycles. The Labute approximate surface area is 271 Å². The van der Waals surface area contributed by atoms with Gasteiger partial charge in [-0.2, -0.15) is 0 Å². The second-order valence-corrected chi connectivity index (χ2v) is 13.1. The number of H-pyrrole nitrogens is 2. The van der Waals surface area contributed by atoms with Crippen LogP contribution in [0.25, 0.3) is 44.2 Å². The summed E-state index contributed by atoms with van der Waals surface area (Å²) in [4.78, 5) is 21.8. The molecule has 6 aromatic rings. The molecule has 8 nitrogen and oxygen atoms in total. The van der Waals surface area contributed by atoms with Crippen molar-refractivity contribution < 1.29 is 13.9 Å². The number of esters is 1. The van der Waals surface area contributed by atoms with Crippen molar-refractivity contribution in [3.63, 3.8) is 0 Å². The highest BCUT2D eigenvalue weighted by Crippen LogP contribution is 2.34. The standard InChI is InChI=1S/C36H36ClFN6O2/c1-22(2)21-46-36(45)35-34(29-17-27(38)5-8-32(29)40-35)33-20-44(42-41-33)19-23-10-13-43(14-11-23)18-24-3-6-28(30(37)15-24)25-4-7-31-26(16-25)9-12-39-31/h3-9,12,15-17,20,22-23,39-40H,10-11,13-14,18-19,21H2,1-2H3. The maximum atomic E-state index is 14.2. The lowest BCUT2D eigenvalue weighted by Gasteiger charge is -2.31. The summed E-state index contributed by atoms with van der Waals surface area (Å²) in [5.41, 5.74) is 6.40. The lowest BCUT2D eigenvalue weighted by atomic mass is 9.96. The monoisotopic (exact) mass is 638 g/mol. The number of nitrogens with one attached hydrogen (secondary N) is 2. The molecular weight excluding hydrogens is 603 g/mol. The van der Waals surface area contributed by atoms with Gasteiger partial charge in [-0.25, -0.2) is 9.18 Å². The molecular formula is C36H36ClFN6O2. The molecule has 0 saturated carbocycles. The highest BCUT2D eigenvalue weighted by molar-refractivity contribution is 6.33. The first kappa shape index (κ1) is 30.2.